The van der Waals surface area contributed by atoms with Gasteiger partial charge < -0.3 is 15.4 Å². The second kappa shape index (κ2) is 9.11. The minimum absolute atomic E-state index is 0.139. The number of nitrogens with zero attached hydrogens (tertiary/aromatic N) is 2. The molecule has 0 aliphatic rings. The summed E-state index contributed by atoms with van der Waals surface area (Å²) in [7, 11) is 1.66. The van der Waals surface area contributed by atoms with Gasteiger partial charge in [-0.3, -0.25) is 4.68 Å². The van der Waals surface area contributed by atoms with Crippen LogP contribution in [0.1, 0.15) is 28.9 Å². The van der Waals surface area contributed by atoms with Gasteiger partial charge in [-0.15, -0.1) is 0 Å². The number of rotatable bonds is 8. The Balaban J connectivity index is 1.66. The fourth-order valence-corrected chi connectivity index (χ4v) is 2.81. The fourth-order valence-electron chi connectivity index (χ4n) is 2.81. The monoisotopic (exact) mass is 344 g/mol. The number of aromatic nitrogens is 2. The van der Waals surface area contributed by atoms with E-state index in [0.717, 1.165) is 42.1 Å². The zero-order valence-corrected chi connectivity index (χ0v) is 15.6. The molecule has 0 saturated carbocycles. The first kappa shape index (κ1) is 18.8. The first-order valence-corrected chi connectivity index (χ1v) is 8.66. The third-order valence-corrected chi connectivity index (χ3v) is 4.05. The van der Waals surface area contributed by atoms with Crippen molar-refractivity contribution in [3.05, 3.63) is 46.8 Å². The lowest BCUT2D eigenvalue weighted by Crippen LogP contribution is -2.37. The fraction of sp³-hybridized carbons (Fsp3) is 0.474. The van der Waals surface area contributed by atoms with E-state index in [1.165, 1.54) is 5.56 Å². The van der Waals surface area contributed by atoms with Gasteiger partial charge in [-0.05, 0) is 51.3 Å². The molecule has 0 spiro atoms. The molecule has 0 unspecified atom stereocenters. The molecule has 0 aliphatic heterocycles. The van der Waals surface area contributed by atoms with Crippen LogP contribution in [-0.2, 0) is 13.0 Å². The van der Waals surface area contributed by atoms with E-state index in [0.29, 0.717) is 13.1 Å². The minimum Gasteiger partial charge on any atom is -0.496 e. The van der Waals surface area contributed by atoms with Gasteiger partial charge in [-0.25, -0.2) is 4.79 Å². The third-order valence-electron chi connectivity index (χ3n) is 4.05. The van der Waals surface area contributed by atoms with Crippen LogP contribution in [0.15, 0.2) is 24.3 Å². The van der Waals surface area contributed by atoms with E-state index >= 15 is 0 Å². The molecule has 0 saturated heterocycles. The predicted molar refractivity (Wildman–Crippen MR) is 99.2 cm³/mol. The first-order chi connectivity index (χ1) is 12.0. The summed E-state index contributed by atoms with van der Waals surface area (Å²) in [5.41, 5.74) is 4.46. The number of nitrogens with one attached hydrogen (secondary N) is 2. The van der Waals surface area contributed by atoms with Gasteiger partial charge >= 0.3 is 6.03 Å². The van der Waals surface area contributed by atoms with Crippen LogP contribution in [0.25, 0.3) is 0 Å². The van der Waals surface area contributed by atoms with Gasteiger partial charge in [0.05, 0.1) is 12.8 Å². The van der Waals surface area contributed by atoms with Gasteiger partial charge in [0, 0.05) is 25.3 Å². The molecule has 2 rings (SSSR count). The van der Waals surface area contributed by atoms with Crippen LogP contribution in [0.5, 0.6) is 5.75 Å². The highest BCUT2D eigenvalue weighted by Crippen LogP contribution is 2.19. The number of carbonyl (C=O) groups is 1. The van der Waals surface area contributed by atoms with Crippen molar-refractivity contribution in [3.8, 4) is 5.75 Å². The number of benzene rings is 1. The van der Waals surface area contributed by atoms with E-state index in [1.54, 1.807) is 7.11 Å². The van der Waals surface area contributed by atoms with Crippen molar-refractivity contribution in [1.82, 2.24) is 20.4 Å². The molecule has 0 aliphatic carbocycles. The normalized spacial score (nSPS) is 10.6. The maximum absolute atomic E-state index is 11.9. The topological polar surface area (TPSA) is 68.2 Å². The lowest BCUT2D eigenvalue weighted by Gasteiger charge is -2.11. The van der Waals surface area contributed by atoms with E-state index in [9.17, 15) is 4.79 Å². The van der Waals surface area contributed by atoms with Crippen molar-refractivity contribution in [2.24, 2.45) is 0 Å². The molecular formula is C19H28N4O2. The van der Waals surface area contributed by atoms with Crippen molar-refractivity contribution in [1.29, 1.82) is 0 Å². The molecule has 2 amide bonds. The molecule has 6 nitrogen and oxygen atoms in total. The second-order valence-electron chi connectivity index (χ2n) is 6.25. The lowest BCUT2D eigenvalue weighted by molar-refractivity contribution is 0.240. The molecule has 6 heteroatoms. The number of aryl methyl sites for hydroxylation is 4. The summed E-state index contributed by atoms with van der Waals surface area (Å²) in [6.07, 6.45) is 1.59. The lowest BCUT2D eigenvalue weighted by atomic mass is 10.1. The molecule has 2 aromatic rings. The maximum atomic E-state index is 11.9. The zero-order valence-electron chi connectivity index (χ0n) is 15.6. The Morgan fingerprint density at radius 1 is 1.16 bits per heavy atom. The third kappa shape index (κ3) is 5.81. The summed E-state index contributed by atoms with van der Waals surface area (Å²) in [6, 6.07) is 7.99. The second-order valence-corrected chi connectivity index (χ2v) is 6.25. The molecule has 1 aromatic carbocycles. The van der Waals surface area contributed by atoms with Crippen LogP contribution in [0.3, 0.4) is 0 Å². The Hall–Kier alpha value is -2.50. The van der Waals surface area contributed by atoms with Crippen molar-refractivity contribution >= 4 is 6.03 Å². The van der Waals surface area contributed by atoms with Crippen LogP contribution in [0.2, 0.25) is 0 Å². The summed E-state index contributed by atoms with van der Waals surface area (Å²) >= 11 is 0. The Kier molecular flexibility index (Phi) is 6.86. The van der Waals surface area contributed by atoms with Gasteiger partial charge in [0.25, 0.3) is 0 Å². The smallest absolute Gasteiger partial charge is 0.314 e. The highest BCUT2D eigenvalue weighted by atomic mass is 16.5. The number of methoxy groups -OCH3 is 1. The zero-order chi connectivity index (χ0) is 18.2. The highest BCUT2D eigenvalue weighted by Gasteiger charge is 2.05. The number of ether oxygens (including phenoxy) is 1. The Morgan fingerprint density at radius 3 is 2.60 bits per heavy atom. The number of hydrogen-bond donors (Lipinski definition) is 2. The van der Waals surface area contributed by atoms with Crippen LogP contribution >= 0.6 is 0 Å². The van der Waals surface area contributed by atoms with Gasteiger partial charge in [0.15, 0.2) is 0 Å². The Morgan fingerprint density at radius 2 is 1.92 bits per heavy atom. The van der Waals surface area contributed by atoms with Crippen LogP contribution in [0.4, 0.5) is 4.79 Å². The molecule has 0 radical (unpaired) electrons. The molecular weight excluding hydrogens is 316 g/mol. The average molecular weight is 344 g/mol. The van der Waals surface area contributed by atoms with E-state index in [-0.39, 0.29) is 6.03 Å². The van der Waals surface area contributed by atoms with Crippen LogP contribution in [0, 0.1) is 20.8 Å². The molecule has 0 atom stereocenters. The Labute approximate surface area is 149 Å². The molecule has 1 heterocycles. The van der Waals surface area contributed by atoms with Crippen LogP contribution < -0.4 is 15.4 Å². The summed E-state index contributed by atoms with van der Waals surface area (Å²) < 4.78 is 7.33. The van der Waals surface area contributed by atoms with Crippen molar-refractivity contribution in [2.75, 3.05) is 20.2 Å². The van der Waals surface area contributed by atoms with Gasteiger partial charge in [0.2, 0.25) is 0 Å². The standard InChI is InChI=1S/C19H28N4O2/c1-14-6-7-18(25-4)17(12-14)8-10-21-19(24)20-9-5-11-23-16(3)13-15(2)22-23/h6-7,12-13H,5,8-11H2,1-4H3,(H2,20,21,24). The van der Waals surface area contributed by atoms with E-state index in [4.69, 9.17) is 4.74 Å². The van der Waals surface area contributed by atoms with E-state index in [2.05, 4.69) is 27.9 Å². The molecule has 25 heavy (non-hydrogen) atoms. The minimum atomic E-state index is -0.139. The average Bonchev–Trinajstić information content (AvgIpc) is 2.89. The number of carbonyl (C=O) groups excluding carboxylic acids is 1. The summed E-state index contributed by atoms with van der Waals surface area (Å²) in [5, 5.41) is 10.2. The SMILES string of the molecule is COc1ccc(C)cc1CCNC(=O)NCCCn1nc(C)cc1C. The molecule has 0 fully saturated rings. The number of amides is 2. The van der Waals surface area contributed by atoms with E-state index < -0.39 is 0 Å². The summed E-state index contributed by atoms with van der Waals surface area (Å²) in [6.45, 7) is 8.07. The summed E-state index contributed by atoms with van der Waals surface area (Å²) in [4.78, 5) is 11.9. The van der Waals surface area contributed by atoms with Crippen LogP contribution in [-0.4, -0.2) is 36.0 Å². The van der Waals surface area contributed by atoms with Gasteiger partial charge in [-0.1, -0.05) is 17.7 Å². The highest BCUT2D eigenvalue weighted by molar-refractivity contribution is 5.73. The molecule has 0 bridgehead atoms. The van der Waals surface area contributed by atoms with Gasteiger partial charge in [-0.2, -0.15) is 5.10 Å². The molecule has 136 valence electrons. The molecule has 2 N–H and O–H groups in total. The number of hydrogen-bond acceptors (Lipinski definition) is 3. The van der Waals surface area contributed by atoms with Crippen molar-refractivity contribution < 1.29 is 9.53 Å². The first-order valence-electron chi connectivity index (χ1n) is 8.66. The Bertz CT molecular complexity index is 709. The quantitative estimate of drug-likeness (QED) is 0.724. The summed E-state index contributed by atoms with van der Waals surface area (Å²) in [5.74, 6) is 0.859. The van der Waals surface area contributed by atoms with Gasteiger partial charge in [0.1, 0.15) is 5.75 Å². The van der Waals surface area contributed by atoms with E-state index in [1.807, 2.05) is 37.6 Å². The largest absolute Gasteiger partial charge is 0.496 e. The predicted octanol–water partition coefficient (Wildman–Crippen LogP) is 2.75. The van der Waals surface area contributed by atoms with Crippen molar-refractivity contribution in [2.45, 2.75) is 40.2 Å². The number of urea groups is 1. The maximum Gasteiger partial charge on any atom is 0.314 e. The molecule has 1 aromatic heterocycles. The van der Waals surface area contributed by atoms with Crippen molar-refractivity contribution in [3.63, 3.8) is 0 Å².